The number of hydrogen-bond donors (Lipinski definition) is 1. The molecule has 3 rings (SSSR count). The average molecular weight is 258 g/mol. The Morgan fingerprint density at radius 3 is 2.63 bits per heavy atom. The summed E-state index contributed by atoms with van der Waals surface area (Å²) in [7, 11) is 0. The molecule has 2 aliphatic carbocycles. The molecule has 1 N–H and O–H groups in total. The molecule has 0 aromatic carbocycles. The molecule has 19 heavy (non-hydrogen) atoms. The van der Waals surface area contributed by atoms with Gasteiger partial charge in [-0.1, -0.05) is 18.9 Å². The fraction of sp³-hybridized carbons (Fsp3) is 0.706. The molecule has 0 aliphatic heterocycles. The highest BCUT2D eigenvalue weighted by atomic mass is 14.9. The van der Waals surface area contributed by atoms with Crippen LogP contribution in [0, 0.1) is 12.3 Å². The van der Waals surface area contributed by atoms with Crippen LogP contribution in [-0.4, -0.2) is 11.0 Å². The van der Waals surface area contributed by atoms with Crippen molar-refractivity contribution in [1.29, 1.82) is 0 Å². The SMILES string of the molecule is Cc1cccnc1CNC1CCC2(CCCC2)CC1. The molecule has 0 unspecified atom stereocenters. The van der Waals surface area contributed by atoms with Crippen LogP contribution in [0.3, 0.4) is 0 Å². The smallest absolute Gasteiger partial charge is 0.0570 e. The lowest BCUT2D eigenvalue weighted by Crippen LogP contribution is -2.36. The van der Waals surface area contributed by atoms with E-state index in [0.29, 0.717) is 6.04 Å². The summed E-state index contributed by atoms with van der Waals surface area (Å²) in [6.45, 7) is 3.09. The molecule has 0 bridgehead atoms. The first kappa shape index (κ1) is 13.1. The van der Waals surface area contributed by atoms with Gasteiger partial charge in [0.1, 0.15) is 0 Å². The van der Waals surface area contributed by atoms with Crippen LogP contribution < -0.4 is 5.32 Å². The lowest BCUT2D eigenvalue weighted by Gasteiger charge is -2.37. The third-order valence-corrected chi connectivity index (χ3v) is 5.39. The van der Waals surface area contributed by atoms with Crippen molar-refractivity contribution in [3.05, 3.63) is 29.6 Å². The maximum absolute atomic E-state index is 4.47. The third-order valence-electron chi connectivity index (χ3n) is 5.39. The largest absolute Gasteiger partial charge is 0.308 e. The highest BCUT2D eigenvalue weighted by Gasteiger charge is 2.37. The van der Waals surface area contributed by atoms with Gasteiger partial charge in [0.15, 0.2) is 0 Å². The Bertz CT molecular complexity index is 411. The molecule has 2 nitrogen and oxygen atoms in total. The van der Waals surface area contributed by atoms with Gasteiger partial charge >= 0.3 is 0 Å². The van der Waals surface area contributed by atoms with Crippen LogP contribution in [-0.2, 0) is 6.54 Å². The van der Waals surface area contributed by atoms with E-state index in [-0.39, 0.29) is 0 Å². The number of nitrogens with one attached hydrogen (secondary N) is 1. The predicted molar refractivity (Wildman–Crippen MR) is 79.0 cm³/mol. The van der Waals surface area contributed by atoms with Crippen molar-refractivity contribution in [3.63, 3.8) is 0 Å². The first-order valence-electron chi connectivity index (χ1n) is 7.91. The summed E-state index contributed by atoms with van der Waals surface area (Å²) in [5.41, 5.74) is 3.26. The van der Waals surface area contributed by atoms with Gasteiger partial charge in [-0.15, -0.1) is 0 Å². The molecule has 104 valence electrons. The minimum Gasteiger partial charge on any atom is -0.308 e. The van der Waals surface area contributed by atoms with Gasteiger partial charge in [0.2, 0.25) is 0 Å². The van der Waals surface area contributed by atoms with E-state index in [0.717, 1.165) is 12.0 Å². The highest BCUT2D eigenvalue weighted by molar-refractivity contribution is 5.17. The number of aromatic nitrogens is 1. The van der Waals surface area contributed by atoms with Crippen molar-refractivity contribution in [1.82, 2.24) is 10.3 Å². The van der Waals surface area contributed by atoms with Gasteiger partial charge in [0.25, 0.3) is 0 Å². The molecule has 0 amide bonds. The minimum absolute atomic E-state index is 0.715. The maximum atomic E-state index is 4.47. The summed E-state index contributed by atoms with van der Waals surface area (Å²) in [6.07, 6.45) is 13.5. The summed E-state index contributed by atoms with van der Waals surface area (Å²) >= 11 is 0. The Morgan fingerprint density at radius 1 is 1.21 bits per heavy atom. The fourth-order valence-electron chi connectivity index (χ4n) is 4.00. The van der Waals surface area contributed by atoms with Crippen LogP contribution in [0.4, 0.5) is 0 Å². The van der Waals surface area contributed by atoms with Crippen molar-refractivity contribution in [2.75, 3.05) is 0 Å². The maximum Gasteiger partial charge on any atom is 0.0570 e. The molecular weight excluding hydrogens is 232 g/mol. The van der Waals surface area contributed by atoms with E-state index in [2.05, 4.69) is 23.3 Å². The van der Waals surface area contributed by atoms with Crippen LogP contribution in [0.25, 0.3) is 0 Å². The molecule has 2 heteroatoms. The number of rotatable bonds is 3. The van der Waals surface area contributed by atoms with E-state index in [1.807, 2.05) is 12.3 Å². The predicted octanol–water partition coefficient (Wildman–Crippen LogP) is 3.98. The molecule has 1 aromatic heterocycles. The summed E-state index contributed by atoms with van der Waals surface area (Å²) in [4.78, 5) is 4.47. The second-order valence-corrected chi connectivity index (χ2v) is 6.63. The molecule has 2 aliphatic rings. The van der Waals surface area contributed by atoms with E-state index in [1.54, 1.807) is 0 Å². The van der Waals surface area contributed by atoms with E-state index in [4.69, 9.17) is 0 Å². The summed E-state index contributed by atoms with van der Waals surface area (Å²) in [6, 6.07) is 4.88. The molecule has 0 atom stereocenters. The lowest BCUT2D eigenvalue weighted by atomic mass is 9.71. The summed E-state index contributed by atoms with van der Waals surface area (Å²) in [5.74, 6) is 0. The number of pyridine rings is 1. The van der Waals surface area contributed by atoms with Gasteiger partial charge in [-0.3, -0.25) is 4.98 Å². The number of aryl methyl sites for hydroxylation is 1. The van der Waals surface area contributed by atoms with E-state index in [9.17, 15) is 0 Å². The summed E-state index contributed by atoms with van der Waals surface area (Å²) < 4.78 is 0. The second-order valence-electron chi connectivity index (χ2n) is 6.63. The van der Waals surface area contributed by atoms with Crippen LogP contribution in [0.1, 0.15) is 62.6 Å². The standard InChI is InChI=1S/C17H26N2/c1-14-5-4-12-18-16(14)13-19-15-6-10-17(11-7-15)8-2-3-9-17/h4-5,12,15,19H,2-3,6-11,13H2,1H3. The van der Waals surface area contributed by atoms with E-state index >= 15 is 0 Å². The zero-order chi connectivity index (χ0) is 13.1. The van der Waals surface area contributed by atoms with Crippen molar-refractivity contribution in [3.8, 4) is 0 Å². The van der Waals surface area contributed by atoms with Crippen molar-refractivity contribution >= 4 is 0 Å². The average Bonchev–Trinajstić information content (AvgIpc) is 2.88. The molecule has 2 fully saturated rings. The Hall–Kier alpha value is -0.890. The zero-order valence-electron chi connectivity index (χ0n) is 12.1. The molecular formula is C17H26N2. The van der Waals surface area contributed by atoms with Crippen molar-refractivity contribution in [2.24, 2.45) is 5.41 Å². The lowest BCUT2D eigenvalue weighted by molar-refractivity contribution is 0.168. The van der Waals surface area contributed by atoms with E-state index in [1.165, 1.54) is 62.6 Å². The molecule has 1 heterocycles. The highest BCUT2D eigenvalue weighted by Crippen LogP contribution is 2.48. The van der Waals surface area contributed by atoms with Gasteiger partial charge in [0, 0.05) is 18.8 Å². The Morgan fingerprint density at radius 2 is 1.95 bits per heavy atom. The first-order chi connectivity index (χ1) is 9.27. The van der Waals surface area contributed by atoms with Gasteiger partial charge < -0.3 is 5.32 Å². The second kappa shape index (κ2) is 5.62. The third kappa shape index (κ3) is 3.00. The van der Waals surface area contributed by atoms with Gasteiger partial charge in [0.05, 0.1) is 5.69 Å². The van der Waals surface area contributed by atoms with Gasteiger partial charge in [-0.25, -0.2) is 0 Å². The van der Waals surface area contributed by atoms with Crippen LogP contribution in [0.5, 0.6) is 0 Å². The summed E-state index contributed by atoms with van der Waals surface area (Å²) in [5, 5.41) is 3.72. The Balaban J connectivity index is 1.49. The van der Waals surface area contributed by atoms with Crippen molar-refractivity contribution < 1.29 is 0 Å². The Kier molecular flexibility index (Phi) is 3.88. The van der Waals surface area contributed by atoms with Crippen LogP contribution in [0.2, 0.25) is 0 Å². The number of hydrogen-bond acceptors (Lipinski definition) is 2. The fourth-order valence-corrected chi connectivity index (χ4v) is 4.00. The zero-order valence-corrected chi connectivity index (χ0v) is 12.1. The molecule has 0 radical (unpaired) electrons. The quantitative estimate of drug-likeness (QED) is 0.887. The normalized spacial score (nSPS) is 23.0. The minimum atomic E-state index is 0.715. The van der Waals surface area contributed by atoms with E-state index < -0.39 is 0 Å². The van der Waals surface area contributed by atoms with Crippen LogP contribution in [0.15, 0.2) is 18.3 Å². The molecule has 2 saturated carbocycles. The molecule has 1 spiro atoms. The van der Waals surface area contributed by atoms with Gasteiger partial charge in [-0.2, -0.15) is 0 Å². The van der Waals surface area contributed by atoms with Gasteiger partial charge in [-0.05, 0) is 62.5 Å². The number of nitrogens with zero attached hydrogens (tertiary/aromatic N) is 1. The molecule has 0 saturated heterocycles. The monoisotopic (exact) mass is 258 g/mol. The topological polar surface area (TPSA) is 24.9 Å². The van der Waals surface area contributed by atoms with Crippen molar-refractivity contribution in [2.45, 2.75) is 70.9 Å². The Labute approximate surface area is 117 Å². The first-order valence-corrected chi connectivity index (χ1v) is 7.91. The van der Waals surface area contributed by atoms with Crippen LogP contribution >= 0.6 is 0 Å². The molecule has 1 aromatic rings.